The molecule has 8 rings (SSSR count). The van der Waals surface area contributed by atoms with Crippen LogP contribution in [0.3, 0.4) is 0 Å². The van der Waals surface area contributed by atoms with Gasteiger partial charge in [-0.1, -0.05) is 90.0 Å². The van der Waals surface area contributed by atoms with Crippen LogP contribution < -0.4 is 0 Å². The Kier molecular flexibility index (Phi) is 6.85. The van der Waals surface area contributed by atoms with Gasteiger partial charge in [-0.25, -0.2) is 0 Å². The predicted molar refractivity (Wildman–Crippen MR) is 195 cm³/mol. The van der Waals surface area contributed by atoms with Gasteiger partial charge in [-0.2, -0.15) is 0 Å². The predicted octanol–water partition coefficient (Wildman–Crippen LogP) is 12.4. The smallest absolute Gasteiger partial charge is 0.0384 e. The van der Waals surface area contributed by atoms with E-state index in [1.165, 1.54) is 90.4 Å². The molecular weight excluding hydrogens is 569 g/mol. The van der Waals surface area contributed by atoms with Crippen LogP contribution in [0.2, 0.25) is 0 Å². The molecule has 44 heavy (non-hydrogen) atoms. The van der Waals surface area contributed by atoms with Crippen molar-refractivity contribution in [2.45, 2.75) is 40.0 Å². The van der Waals surface area contributed by atoms with Crippen molar-refractivity contribution in [1.29, 1.82) is 0 Å². The SMILES string of the molecule is Cc1cccc(-c2ccc(CCc3ccc4sc5ccc(C)cc5c4c3)c(Cc3ccc4sc5c(C)cccc5c4c3)c2)c1. The van der Waals surface area contributed by atoms with Gasteiger partial charge in [0, 0.05) is 40.3 Å². The molecule has 0 aliphatic rings. The van der Waals surface area contributed by atoms with Crippen molar-refractivity contribution >= 4 is 63.0 Å². The minimum Gasteiger partial charge on any atom is -0.135 e. The maximum atomic E-state index is 2.45. The number of benzene rings is 6. The van der Waals surface area contributed by atoms with Crippen LogP contribution in [0.25, 0.3) is 51.5 Å². The number of fused-ring (bicyclic) bond motifs is 6. The van der Waals surface area contributed by atoms with Gasteiger partial charge < -0.3 is 0 Å². The van der Waals surface area contributed by atoms with E-state index < -0.39 is 0 Å². The molecule has 0 atom stereocenters. The Morgan fingerprint density at radius 3 is 2.00 bits per heavy atom. The normalized spacial score (nSPS) is 11.8. The molecule has 214 valence electrons. The lowest BCUT2D eigenvalue weighted by Gasteiger charge is -2.14. The Hall–Kier alpha value is -4.24. The molecule has 0 spiro atoms. The van der Waals surface area contributed by atoms with Crippen molar-refractivity contribution in [3.8, 4) is 11.1 Å². The first kappa shape index (κ1) is 27.3. The van der Waals surface area contributed by atoms with Crippen LogP contribution in [0.15, 0.2) is 115 Å². The maximum absolute atomic E-state index is 2.45. The molecule has 8 aromatic rings. The summed E-state index contributed by atoms with van der Waals surface area (Å²) >= 11 is 3.82. The molecule has 0 N–H and O–H groups in total. The average molecular weight is 603 g/mol. The van der Waals surface area contributed by atoms with Gasteiger partial charge in [0.1, 0.15) is 0 Å². The second-order valence-electron chi connectivity index (χ2n) is 12.3. The van der Waals surface area contributed by atoms with E-state index in [1.807, 2.05) is 22.7 Å². The second-order valence-corrected chi connectivity index (χ2v) is 14.5. The van der Waals surface area contributed by atoms with E-state index >= 15 is 0 Å². The van der Waals surface area contributed by atoms with E-state index in [1.54, 1.807) is 0 Å². The van der Waals surface area contributed by atoms with Crippen LogP contribution >= 0.6 is 22.7 Å². The third-order valence-corrected chi connectivity index (χ3v) is 11.6. The highest BCUT2D eigenvalue weighted by Crippen LogP contribution is 2.38. The summed E-state index contributed by atoms with van der Waals surface area (Å²) < 4.78 is 5.54. The quantitative estimate of drug-likeness (QED) is 0.178. The van der Waals surface area contributed by atoms with Gasteiger partial charge in [-0.3, -0.25) is 0 Å². The summed E-state index contributed by atoms with van der Waals surface area (Å²) in [4.78, 5) is 0. The van der Waals surface area contributed by atoms with Crippen LogP contribution in [0, 0.1) is 20.8 Å². The summed E-state index contributed by atoms with van der Waals surface area (Å²) in [5.41, 5.74) is 12.2. The first-order valence-electron chi connectivity index (χ1n) is 15.5. The van der Waals surface area contributed by atoms with E-state index in [0.29, 0.717) is 0 Å². The maximum Gasteiger partial charge on any atom is 0.0384 e. The van der Waals surface area contributed by atoms with Gasteiger partial charge in [0.05, 0.1) is 0 Å². The number of thiophene rings is 2. The molecule has 0 bridgehead atoms. The van der Waals surface area contributed by atoms with Gasteiger partial charge in [-0.15, -0.1) is 22.7 Å². The number of rotatable bonds is 6. The minimum absolute atomic E-state index is 0.932. The lowest BCUT2D eigenvalue weighted by Crippen LogP contribution is -1.99. The third kappa shape index (κ3) is 5.03. The highest BCUT2D eigenvalue weighted by molar-refractivity contribution is 7.26. The van der Waals surface area contributed by atoms with Crippen LogP contribution in [0.5, 0.6) is 0 Å². The number of aryl methyl sites for hydroxylation is 5. The Balaban J connectivity index is 1.16. The number of hydrogen-bond donors (Lipinski definition) is 0. The molecule has 0 unspecified atom stereocenters. The molecule has 0 amide bonds. The van der Waals surface area contributed by atoms with E-state index in [-0.39, 0.29) is 0 Å². The number of hydrogen-bond acceptors (Lipinski definition) is 2. The molecule has 2 aromatic heterocycles. The van der Waals surface area contributed by atoms with Gasteiger partial charge in [0.2, 0.25) is 0 Å². The first-order chi connectivity index (χ1) is 21.5. The standard InChI is InChI=1S/C42H34S2/c1-26-6-4-8-32(20-26)33-16-15-31(14-11-29-12-18-40-38(23-29)36-21-27(2)10-17-39(36)43-40)34(25-33)22-30-13-19-41-37(24-30)35-9-5-7-28(3)42(35)44-41/h4-10,12-13,15-21,23-25H,11,14,22H2,1-3H3. The van der Waals surface area contributed by atoms with E-state index in [9.17, 15) is 0 Å². The zero-order valence-electron chi connectivity index (χ0n) is 25.4. The first-order valence-corrected chi connectivity index (χ1v) is 17.1. The van der Waals surface area contributed by atoms with Gasteiger partial charge in [-0.05, 0) is 115 Å². The van der Waals surface area contributed by atoms with Gasteiger partial charge >= 0.3 is 0 Å². The van der Waals surface area contributed by atoms with Gasteiger partial charge in [0.25, 0.3) is 0 Å². The van der Waals surface area contributed by atoms with E-state index in [2.05, 4.69) is 136 Å². The van der Waals surface area contributed by atoms with Crippen LogP contribution in [-0.2, 0) is 19.3 Å². The fourth-order valence-corrected chi connectivity index (χ4v) is 8.95. The van der Waals surface area contributed by atoms with Crippen LogP contribution in [-0.4, -0.2) is 0 Å². The van der Waals surface area contributed by atoms with Crippen molar-refractivity contribution in [3.05, 3.63) is 154 Å². The monoisotopic (exact) mass is 602 g/mol. The van der Waals surface area contributed by atoms with E-state index in [4.69, 9.17) is 0 Å². The second kappa shape index (κ2) is 11.0. The molecule has 0 aliphatic carbocycles. The molecule has 0 saturated heterocycles. The van der Waals surface area contributed by atoms with Crippen molar-refractivity contribution in [3.63, 3.8) is 0 Å². The largest absolute Gasteiger partial charge is 0.135 e. The van der Waals surface area contributed by atoms with Crippen LogP contribution in [0.1, 0.15) is 38.9 Å². The highest BCUT2D eigenvalue weighted by atomic mass is 32.1. The van der Waals surface area contributed by atoms with Crippen LogP contribution in [0.4, 0.5) is 0 Å². The van der Waals surface area contributed by atoms with Crippen molar-refractivity contribution in [2.24, 2.45) is 0 Å². The Bertz CT molecular complexity index is 2350. The molecule has 0 radical (unpaired) electrons. The zero-order chi connectivity index (χ0) is 29.8. The van der Waals surface area contributed by atoms with Crippen molar-refractivity contribution < 1.29 is 0 Å². The lowest BCUT2D eigenvalue weighted by atomic mass is 9.91. The minimum atomic E-state index is 0.932. The Labute approximate surface area is 267 Å². The summed E-state index contributed by atoms with van der Waals surface area (Å²) in [7, 11) is 0. The molecule has 0 nitrogen and oxygen atoms in total. The molecule has 2 heterocycles. The fraction of sp³-hybridized carbons (Fsp3) is 0.143. The molecule has 0 aliphatic heterocycles. The summed E-state index contributed by atoms with van der Waals surface area (Å²) in [6.45, 7) is 6.59. The molecule has 0 fully saturated rings. The van der Waals surface area contributed by atoms with E-state index in [0.717, 1.165) is 19.3 Å². The topological polar surface area (TPSA) is 0 Å². The summed E-state index contributed by atoms with van der Waals surface area (Å²) in [5.74, 6) is 0. The average Bonchev–Trinajstić information content (AvgIpc) is 3.59. The third-order valence-electron chi connectivity index (χ3n) is 9.08. The van der Waals surface area contributed by atoms with Crippen molar-refractivity contribution in [2.75, 3.05) is 0 Å². The fourth-order valence-electron chi connectivity index (χ4n) is 6.73. The van der Waals surface area contributed by atoms with Crippen molar-refractivity contribution in [1.82, 2.24) is 0 Å². The Morgan fingerprint density at radius 1 is 0.455 bits per heavy atom. The molecule has 2 heteroatoms. The zero-order valence-corrected chi connectivity index (χ0v) is 27.0. The Morgan fingerprint density at radius 2 is 1.14 bits per heavy atom. The summed E-state index contributed by atoms with van der Waals surface area (Å²) in [6, 6.07) is 43.8. The lowest BCUT2D eigenvalue weighted by molar-refractivity contribution is 0.940. The molecule has 0 saturated carbocycles. The molecular formula is C42H34S2. The molecule has 6 aromatic carbocycles. The van der Waals surface area contributed by atoms with Gasteiger partial charge in [0.15, 0.2) is 0 Å². The summed E-state index contributed by atoms with van der Waals surface area (Å²) in [6.07, 6.45) is 2.99. The highest BCUT2D eigenvalue weighted by Gasteiger charge is 2.12. The summed E-state index contributed by atoms with van der Waals surface area (Å²) in [5, 5.41) is 5.55.